The van der Waals surface area contributed by atoms with E-state index in [1.54, 1.807) is 18.9 Å². The topological polar surface area (TPSA) is 39.9 Å². The number of benzene rings is 3. The van der Waals surface area contributed by atoms with E-state index < -0.39 is 0 Å². The summed E-state index contributed by atoms with van der Waals surface area (Å²) in [6.07, 6.45) is 0. The van der Waals surface area contributed by atoms with Gasteiger partial charge in [-0.15, -0.1) is 10.2 Å². The number of methoxy groups -OCH3 is 1. The van der Waals surface area contributed by atoms with E-state index in [4.69, 9.17) is 4.74 Å². The second-order valence-electron chi connectivity index (χ2n) is 6.92. The van der Waals surface area contributed by atoms with Gasteiger partial charge in [-0.05, 0) is 49.2 Å². The summed E-state index contributed by atoms with van der Waals surface area (Å²) in [5, 5.41) is 9.92. The van der Waals surface area contributed by atoms with Crippen LogP contribution in [0.2, 0.25) is 0 Å². The van der Waals surface area contributed by atoms with Crippen LogP contribution in [0.4, 0.5) is 0 Å². The molecule has 1 aromatic heterocycles. The molecule has 0 atom stereocenters. The van der Waals surface area contributed by atoms with Gasteiger partial charge < -0.3 is 4.74 Å². The third-order valence-corrected chi connectivity index (χ3v) is 5.87. The summed E-state index contributed by atoms with van der Waals surface area (Å²) >= 11 is 1.70. The summed E-state index contributed by atoms with van der Waals surface area (Å²) in [4.78, 5) is 0. The van der Waals surface area contributed by atoms with Crippen LogP contribution in [0.3, 0.4) is 0 Å². The first-order valence-electron chi connectivity index (χ1n) is 9.50. The largest absolute Gasteiger partial charge is 0.497 e. The fourth-order valence-electron chi connectivity index (χ4n) is 3.13. The van der Waals surface area contributed by atoms with Gasteiger partial charge in [0.15, 0.2) is 11.0 Å². The Morgan fingerprint density at radius 1 is 0.862 bits per heavy atom. The highest BCUT2D eigenvalue weighted by Gasteiger charge is 2.16. The van der Waals surface area contributed by atoms with Gasteiger partial charge in [-0.3, -0.25) is 4.57 Å². The standard InChI is InChI=1S/C24H23N3OS/c1-17-8-10-19(11-9-17)23-25-26-24(29-16-20-7-5-4-6-18(20)2)27(23)21-12-14-22(28-3)15-13-21/h4-15H,16H2,1-3H3. The average molecular weight is 402 g/mol. The van der Waals surface area contributed by atoms with Gasteiger partial charge in [0.2, 0.25) is 0 Å². The number of rotatable bonds is 6. The lowest BCUT2D eigenvalue weighted by Crippen LogP contribution is -2.00. The van der Waals surface area contributed by atoms with Crippen LogP contribution in [0.25, 0.3) is 17.1 Å². The third kappa shape index (κ3) is 4.20. The smallest absolute Gasteiger partial charge is 0.196 e. The normalized spacial score (nSPS) is 10.9. The van der Waals surface area contributed by atoms with Gasteiger partial charge >= 0.3 is 0 Å². The number of aromatic nitrogens is 3. The van der Waals surface area contributed by atoms with Crippen LogP contribution in [0.1, 0.15) is 16.7 Å². The molecule has 0 saturated carbocycles. The molecule has 0 amide bonds. The van der Waals surface area contributed by atoms with Crippen molar-refractivity contribution in [1.82, 2.24) is 14.8 Å². The highest BCUT2D eigenvalue weighted by atomic mass is 32.2. The monoisotopic (exact) mass is 401 g/mol. The molecular weight excluding hydrogens is 378 g/mol. The van der Waals surface area contributed by atoms with Gasteiger partial charge in [0.1, 0.15) is 5.75 Å². The van der Waals surface area contributed by atoms with E-state index in [1.807, 2.05) is 24.3 Å². The summed E-state index contributed by atoms with van der Waals surface area (Å²) < 4.78 is 7.44. The van der Waals surface area contributed by atoms with Crippen LogP contribution in [0.5, 0.6) is 5.75 Å². The minimum Gasteiger partial charge on any atom is -0.497 e. The van der Waals surface area contributed by atoms with Crippen LogP contribution in [0, 0.1) is 13.8 Å². The van der Waals surface area contributed by atoms with Crippen LogP contribution in [0.15, 0.2) is 78.0 Å². The van der Waals surface area contributed by atoms with Crippen molar-refractivity contribution in [3.05, 3.63) is 89.5 Å². The van der Waals surface area contributed by atoms with Crippen molar-refractivity contribution in [2.45, 2.75) is 24.8 Å². The molecule has 0 aliphatic carbocycles. The van der Waals surface area contributed by atoms with Gasteiger partial charge in [0, 0.05) is 17.0 Å². The van der Waals surface area contributed by atoms with Crippen LogP contribution in [-0.2, 0) is 5.75 Å². The van der Waals surface area contributed by atoms with E-state index in [0.717, 1.165) is 33.7 Å². The predicted molar refractivity (Wildman–Crippen MR) is 119 cm³/mol. The first-order valence-corrected chi connectivity index (χ1v) is 10.5. The van der Waals surface area contributed by atoms with Crippen molar-refractivity contribution >= 4 is 11.8 Å². The molecule has 5 heteroatoms. The average Bonchev–Trinajstić information content (AvgIpc) is 3.17. The number of aryl methyl sites for hydroxylation is 2. The molecule has 4 nitrogen and oxygen atoms in total. The Hall–Kier alpha value is -3.05. The Morgan fingerprint density at radius 3 is 2.28 bits per heavy atom. The van der Waals surface area contributed by atoms with E-state index in [9.17, 15) is 0 Å². The van der Waals surface area contributed by atoms with E-state index >= 15 is 0 Å². The molecule has 3 aromatic carbocycles. The van der Waals surface area contributed by atoms with Gasteiger partial charge in [-0.1, -0.05) is 65.9 Å². The summed E-state index contributed by atoms with van der Waals surface area (Å²) in [6, 6.07) is 24.8. The number of ether oxygens (including phenoxy) is 1. The Labute approximate surface area is 175 Å². The first-order chi connectivity index (χ1) is 14.2. The molecule has 0 radical (unpaired) electrons. The molecule has 0 unspecified atom stereocenters. The molecule has 146 valence electrons. The van der Waals surface area contributed by atoms with Crippen molar-refractivity contribution in [1.29, 1.82) is 0 Å². The number of nitrogens with zero attached hydrogens (tertiary/aromatic N) is 3. The van der Waals surface area contributed by atoms with Crippen LogP contribution < -0.4 is 4.74 Å². The van der Waals surface area contributed by atoms with Crippen molar-refractivity contribution in [2.24, 2.45) is 0 Å². The SMILES string of the molecule is COc1ccc(-n2c(SCc3ccccc3C)nnc2-c2ccc(C)cc2)cc1. The molecule has 29 heavy (non-hydrogen) atoms. The summed E-state index contributed by atoms with van der Waals surface area (Å²) in [5.74, 6) is 2.50. The molecule has 4 aromatic rings. The number of thioether (sulfide) groups is 1. The zero-order chi connectivity index (χ0) is 20.2. The summed E-state index contributed by atoms with van der Waals surface area (Å²) in [7, 11) is 1.68. The fourth-order valence-corrected chi connectivity index (χ4v) is 4.16. The first kappa shape index (κ1) is 19.3. The number of hydrogen-bond donors (Lipinski definition) is 0. The van der Waals surface area contributed by atoms with E-state index in [-0.39, 0.29) is 0 Å². The third-order valence-electron chi connectivity index (χ3n) is 4.89. The minimum absolute atomic E-state index is 0.827. The quantitative estimate of drug-likeness (QED) is 0.380. The molecule has 0 fully saturated rings. The van der Waals surface area contributed by atoms with Gasteiger partial charge in [-0.2, -0.15) is 0 Å². The van der Waals surface area contributed by atoms with Crippen molar-refractivity contribution < 1.29 is 4.74 Å². The lowest BCUT2D eigenvalue weighted by molar-refractivity contribution is 0.414. The Kier molecular flexibility index (Phi) is 5.67. The summed E-state index contributed by atoms with van der Waals surface area (Å²) in [5.41, 5.74) is 5.87. The maximum absolute atomic E-state index is 5.32. The molecule has 0 N–H and O–H groups in total. The zero-order valence-electron chi connectivity index (χ0n) is 16.8. The van der Waals surface area contributed by atoms with Crippen molar-refractivity contribution in [3.63, 3.8) is 0 Å². The predicted octanol–water partition coefficient (Wildman–Crippen LogP) is 5.85. The molecule has 1 heterocycles. The minimum atomic E-state index is 0.827. The molecule has 0 saturated heterocycles. The fraction of sp³-hybridized carbons (Fsp3) is 0.167. The van der Waals surface area contributed by atoms with E-state index in [2.05, 4.69) is 77.1 Å². The van der Waals surface area contributed by atoms with Crippen LogP contribution >= 0.6 is 11.8 Å². The van der Waals surface area contributed by atoms with E-state index in [0.29, 0.717) is 0 Å². The number of hydrogen-bond acceptors (Lipinski definition) is 4. The van der Waals surface area contributed by atoms with Crippen LogP contribution in [-0.4, -0.2) is 21.9 Å². The second kappa shape index (κ2) is 8.53. The molecule has 0 spiro atoms. The van der Waals surface area contributed by atoms with Gasteiger partial charge in [-0.25, -0.2) is 0 Å². The highest BCUT2D eigenvalue weighted by Crippen LogP contribution is 2.31. The maximum Gasteiger partial charge on any atom is 0.196 e. The van der Waals surface area contributed by atoms with Gasteiger partial charge in [0.25, 0.3) is 0 Å². The molecule has 4 rings (SSSR count). The van der Waals surface area contributed by atoms with E-state index in [1.165, 1.54) is 16.7 Å². The Bertz CT molecular complexity index is 1100. The van der Waals surface area contributed by atoms with Gasteiger partial charge in [0.05, 0.1) is 7.11 Å². The molecule has 0 aliphatic rings. The summed E-state index contributed by atoms with van der Waals surface area (Å²) in [6.45, 7) is 4.23. The molecule has 0 aliphatic heterocycles. The Morgan fingerprint density at radius 2 is 1.59 bits per heavy atom. The maximum atomic E-state index is 5.32. The molecular formula is C24H23N3OS. The highest BCUT2D eigenvalue weighted by molar-refractivity contribution is 7.98. The zero-order valence-corrected chi connectivity index (χ0v) is 17.6. The van der Waals surface area contributed by atoms with Crippen molar-refractivity contribution in [2.75, 3.05) is 7.11 Å². The lowest BCUT2D eigenvalue weighted by Gasteiger charge is -2.12. The van der Waals surface area contributed by atoms with Crippen molar-refractivity contribution in [3.8, 4) is 22.8 Å². The Balaban J connectivity index is 1.74. The molecule has 0 bridgehead atoms. The second-order valence-corrected chi connectivity index (χ2v) is 7.86. The lowest BCUT2D eigenvalue weighted by atomic mass is 10.1.